The van der Waals surface area contributed by atoms with Crippen molar-refractivity contribution in [3.63, 3.8) is 0 Å². The highest BCUT2D eigenvalue weighted by atomic mass is 32.2. The van der Waals surface area contributed by atoms with Crippen molar-refractivity contribution in [2.24, 2.45) is 0 Å². The van der Waals surface area contributed by atoms with Crippen LogP contribution in [0.4, 0.5) is 30.4 Å². The molecule has 27 heavy (non-hydrogen) atoms. The Morgan fingerprint density at radius 2 is 1.67 bits per heavy atom. The maximum atomic E-state index is 12.6. The number of rotatable bonds is 5. The van der Waals surface area contributed by atoms with E-state index in [0.29, 0.717) is 0 Å². The SMILES string of the molecule is O=[N+]([O-])c1c(Nc2ccc(C(F)(F)F)cc2)ncnc1Sc1ccccc1. The third-order valence-corrected chi connectivity index (χ3v) is 4.40. The zero-order valence-corrected chi connectivity index (χ0v) is 14.3. The van der Waals surface area contributed by atoms with Crippen LogP contribution in [0.25, 0.3) is 0 Å². The third kappa shape index (κ3) is 4.53. The molecule has 0 aliphatic rings. The highest BCUT2D eigenvalue weighted by Crippen LogP contribution is 2.37. The molecule has 138 valence electrons. The fourth-order valence-corrected chi connectivity index (χ4v) is 3.06. The molecule has 0 saturated heterocycles. The lowest BCUT2D eigenvalue weighted by atomic mass is 10.2. The molecule has 0 radical (unpaired) electrons. The van der Waals surface area contributed by atoms with E-state index in [1.807, 2.05) is 6.07 Å². The number of nitrogens with one attached hydrogen (secondary N) is 1. The number of hydrogen-bond donors (Lipinski definition) is 1. The first kappa shape index (κ1) is 18.6. The Kier molecular flexibility index (Phi) is 5.26. The number of aromatic nitrogens is 2. The van der Waals surface area contributed by atoms with Gasteiger partial charge in [0.1, 0.15) is 6.33 Å². The van der Waals surface area contributed by atoms with E-state index in [1.54, 1.807) is 24.3 Å². The molecule has 1 N–H and O–H groups in total. The van der Waals surface area contributed by atoms with E-state index in [-0.39, 0.29) is 22.2 Å². The topological polar surface area (TPSA) is 81.0 Å². The van der Waals surface area contributed by atoms with Gasteiger partial charge in [-0.15, -0.1) is 0 Å². The molecule has 0 amide bonds. The minimum absolute atomic E-state index is 0.104. The van der Waals surface area contributed by atoms with Crippen LogP contribution in [0.2, 0.25) is 0 Å². The number of anilines is 2. The van der Waals surface area contributed by atoms with Gasteiger partial charge in [0.2, 0.25) is 5.82 Å². The molecule has 0 spiro atoms. The first-order chi connectivity index (χ1) is 12.8. The maximum Gasteiger partial charge on any atom is 0.416 e. The number of hydrogen-bond acceptors (Lipinski definition) is 6. The summed E-state index contributed by atoms with van der Waals surface area (Å²) in [6, 6.07) is 13.1. The lowest BCUT2D eigenvalue weighted by molar-refractivity contribution is -0.387. The smallest absolute Gasteiger partial charge is 0.334 e. The quantitative estimate of drug-likeness (QED) is 0.361. The monoisotopic (exact) mass is 392 g/mol. The summed E-state index contributed by atoms with van der Waals surface area (Å²) in [6.45, 7) is 0. The maximum absolute atomic E-state index is 12.6. The van der Waals surface area contributed by atoms with Gasteiger partial charge in [-0.05, 0) is 36.4 Å². The molecule has 0 fully saturated rings. The molecule has 1 heterocycles. The van der Waals surface area contributed by atoms with E-state index < -0.39 is 16.7 Å². The average Bonchev–Trinajstić information content (AvgIpc) is 2.62. The summed E-state index contributed by atoms with van der Waals surface area (Å²) < 4.78 is 37.9. The minimum atomic E-state index is -4.46. The van der Waals surface area contributed by atoms with Crippen molar-refractivity contribution in [1.82, 2.24) is 9.97 Å². The minimum Gasteiger partial charge on any atom is -0.334 e. The van der Waals surface area contributed by atoms with Gasteiger partial charge in [-0.1, -0.05) is 30.0 Å². The number of benzene rings is 2. The number of halogens is 3. The van der Waals surface area contributed by atoms with Gasteiger partial charge in [0.05, 0.1) is 10.5 Å². The van der Waals surface area contributed by atoms with Gasteiger partial charge in [0.15, 0.2) is 5.03 Å². The van der Waals surface area contributed by atoms with Gasteiger partial charge >= 0.3 is 11.9 Å². The van der Waals surface area contributed by atoms with E-state index in [2.05, 4.69) is 15.3 Å². The highest BCUT2D eigenvalue weighted by Gasteiger charge is 2.30. The van der Waals surface area contributed by atoms with Crippen molar-refractivity contribution in [1.29, 1.82) is 0 Å². The standard InChI is InChI=1S/C17H11F3N4O2S/c18-17(19,20)11-6-8-12(9-7-11)23-15-14(24(25)26)16(22-10-21-15)27-13-4-2-1-3-5-13/h1-10H,(H,21,22,23). The second-order valence-corrected chi connectivity index (χ2v) is 6.31. The fourth-order valence-electron chi connectivity index (χ4n) is 2.17. The molecule has 2 aromatic carbocycles. The molecule has 10 heteroatoms. The largest absolute Gasteiger partial charge is 0.416 e. The van der Waals surface area contributed by atoms with Crippen LogP contribution < -0.4 is 5.32 Å². The van der Waals surface area contributed by atoms with E-state index in [0.717, 1.165) is 35.1 Å². The molecular formula is C17H11F3N4O2S. The van der Waals surface area contributed by atoms with E-state index in [9.17, 15) is 23.3 Å². The summed E-state index contributed by atoms with van der Waals surface area (Å²) in [7, 11) is 0. The van der Waals surface area contributed by atoms with Crippen LogP contribution in [0.5, 0.6) is 0 Å². The Labute approximate surface area is 155 Å². The van der Waals surface area contributed by atoms with Gasteiger partial charge in [-0.25, -0.2) is 9.97 Å². The summed E-state index contributed by atoms with van der Waals surface area (Å²) in [6.07, 6.45) is -3.30. The molecule has 0 saturated carbocycles. The number of alkyl halides is 3. The lowest BCUT2D eigenvalue weighted by Crippen LogP contribution is -2.05. The van der Waals surface area contributed by atoms with Crippen LogP contribution >= 0.6 is 11.8 Å². The number of nitrogens with zero attached hydrogens (tertiary/aromatic N) is 3. The highest BCUT2D eigenvalue weighted by molar-refractivity contribution is 7.99. The van der Waals surface area contributed by atoms with E-state index in [1.165, 1.54) is 12.1 Å². The van der Waals surface area contributed by atoms with Crippen molar-refractivity contribution in [3.8, 4) is 0 Å². The van der Waals surface area contributed by atoms with Crippen molar-refractivity contribution in [2.75, 3.05) is 5.32 Å². The fraction of sp³-hybridized carbons (Fsp3) is 0.0588. The van der Waals surface area contributed by atoms with Gasteiger partial charge in [-0.2, -0.15) is 13.2 Å². The Morgan fingerprint density at radius 1 is 1.00 bits per heavy atom. The van der Waals surface area contributed by atoms with Crippen LogP contribution in [-0.2, 0) is 6.18 Å². The third-order valence-electron chi connectivity index (χ3n) is 3.40. The second kappa shape index (κ2) is 7.62. The van der Waals surface area contributed by atoms with Crippen molar-refractivity contribution in [2.45, 2.75) is 16.1 Å². The summed E-state index contributed by atoms with van der Waals surface area (Å²) in [5, 5.41) is 14.3. The summed E-state index contributed by atoms with van der Waals surface area (Å²) >= 11 is 1.09. The Morgan fingerprint density at radius 3 is 2.26 bits per heavy atom. The molecule has 0 aliphatic heterocycles. The molecule has 1 aromatic heterocycles. The van der Waals surface area contributed by atoms with Gasteiger partial charge < -0.3 is 5.32 Å². The van der Waals surface area contributed by atoms with E-state index >= 15 is 0 Å². The second-order valence-electron chi connectivity index (χ2n) is 5.25. The first-order valence-electron chi connectivity index (χ1n) is 7.51. The molecule has 0 bridgehead atoms. The molecule has 3 rings (SSSR count). The van der Waals surface area contributed by atoms with Crippen molar-refractivity contribution >= 4 is 29.0 Å². The Hall–Kier alpha value is -3.14. The average molecular weight is 392 g/mol. The predicted octanol–water partition coefficient (Wildman–Crippen LogP) is 5.30. The molecular weight excluding hydrogens is 381 g/mol. The predicted molar refractivity (Wildman–Crippen MR) is 94.0 cm³/mol. The summed E-state index contributed by atoms with van der Waals surface area (Å²) in [5.41, 5.74) is -0.933. The first-order valence-corrected chi connectivity index (χ1v) is 8.33. The van der Waals surface area contributed by atoms with Gasteiger partial charge in [0.25, 0.3) is 0 Å². The van der Waals surface area contributed by atoms with Crippen LogP contribution in [0, 0.1) is 10.1 Å². The zero-order valence-electron chi connectivity index (χ0n) is 13.5. The Balaban J connectivity index is 1.91. The zero-order chi connectivity index (χ0) is 19.4. The normalized spacial score (nSPS) is 11.2. The van der Waals surface area contributed by atoms with Crippen LogP contribution in [0.15, 0.2) is 70.8 Å². The van der Waals surface area contributed by atoms with Crippen LogP contribution in [0.1, 0.15) is 5.56 Å². The van der Waals surface area contributed by atoms with E-state index in [4.69, 9.17) is 0 Å². The molecule has 0 atom stereocenters. The van der Waals surface area contributed by atoms with Gasteiger partial charge in [-0.3, -0.25) is 10.1 Å². The lowest BCUT2D eigenvalue weighted by Gasteiger charge is -2.10. The molecule has 6 nitrogen and oxygen atoms in total. The molecule has 3 aromatic rings. The summed E-state index contributed by atoms with van der Waals surface area (Å²) in [5.74, 6) is -0.104. The molecule has 0 unspecified atom stereocenters. The van der Waals surface area contributed by atoms with Crippen molar-refractivity contribution < 1.29 is 18.1 Å². The van der Waals surface area contributed by atoms with Crippen molar-refractivity contribution in [3.05, 3.63) is 76.6 Å². The summed E-state index contributed by atoms with van der Waals surface area (Å²) in [4.78, 5) is 19.5. The Bertz CT molecular complexity index is 951. The number of nitro groups is 1. The van der Waals surface area contributed by atoms with Gasteiger partial charge in [0, 0.05) is 10.6 Å². The van der Waals surface area contributed by atoms with Crippen LogP contribution in [-0.4, -0.2) is 14.9 Å². The van der Waals surface area contributed by atoms with Crippen LogP contribution in [0.3, 0.4) is 0 Å². The molecule has 0 aliphatic carbocycles.